The summed E-state index contributed by atoms with van der Waals surface area (Å²) in [6.45, 7) is -0.398. The van der Waals surface area contributed by atoms with Crippen LogP contribution >= 0.6 is 11.3 Å². The van der Waals surface area contributed by atoms with E-state index in [-0.39, 0.29) is 24.0 Å². The van der Waals surface area contributed by atoms with Crippen molar-refractivity contribution in [3.8, 4) is 39.5 Å². The number of ether oxygens (including phenoxy) is 2. The summed E-state index contributed by atoms with van der Waals surface area (Å²) in [6.07, 6.45) is 1.74. The zero-order valence-electron chi connectivity index (χ0n) is 23.7. The molecule has 8 nitrogen and oxygen atoms in total. The number of hydrogen-bond donors (Lipinski definition) is 1. The summed E-state index contributed by atoms with van der Waals surface area (Å²) in [4.78, 5) is 9.64. The van der Waals surface area contributed by atoms with Crippen LogP contribution in [0.5, 0.6) is 5.75 Å². The molecule has 0 fully saturated rings. The number of nitrogens with zero attached hydrogens (tertiary/aromatic N) is 5. The molecule has 4 aromatic heterocycles. The van der Waals surface area contributed by atoms with Crippen molar-refractivity contribution in [2.75, 3.05) is 19.8 Å². The van der Waals surface area contributed by atoms with E-state index in [9.17, 15) is 13.2 Å². The largest absolute Gasteiger partial charge is 0.490 e. The van der Waals surface area contributed by atoms with Crippen LogP contribution in [0.25, 0.3) is 54.9 Å². The van der Waals surface area contributed by atoms with E-state index >= 15 is 4.39 Å². The Hall–Kier alpha value is -4.33. The van der Waals surface area contributed by atoms with Crippen LogP contribution in [0.3, 0.4) is 0 Å². The van der Waals surface area contributed by atoms with E-state index in [0.29, 0.717) is 33.9 Å². The number of aryl methyl sites for hydroxylation is 1. The minimum atomic E-state index is -2.99. The third-order valence-corrected chi connectivity index (χ3v) is 8.66. The minimum absolute atomic E-state index is 0.0289. The summed E-state index contributed by atoms with van der Waals surface area (Å²) in [5.41, 5.74) is 5.39. The Morgan fingerprint density at radius 2 is 1.93 bits per heavy atom. The molecular weight excluding hydrogens is 596 g/mol. The molecule has 0 radical (unpaired) electrons. The molecule has 1 N–H and O–H groups in total. The number of pyridine rings is 1. The zero-order valence-corrected chi connectivity index (χ0v) is 24.5. The molecular formula is C31H26F4N6O2S. The predicted molar refractivity (Wildman–Crippen MR) is 160 cm³/mol. The van der Waals surface area contributed by atoms with Crippen molar-refractivity contribution in [3.63, 3.8) is 0 Å². The number of aromatic nitrogens is 5. The number of benzene rings is 2. The van der Waals surface area contributed by atoms with Gasteiger partial charge in [0.15, 0.2) is 0 Å². The van der Waals surface area contributed by atoms with Gasteiger partial charge in [0.25, 0.3) is 0 Å². The molecule has 1 atom stereocenters. The maximum Gasteiger partial charge on any atom is 0.345 e. The Balaban J connectivity index is 1.48. The van der Waals surface area contributed by atoms with Crippen molar-refractivity contribution < 1.29 is 27.0 Å². The first-order valence-electron chi connectivity index (χ1n) is 13.9. The Kier molecular flexibility index (Phi) is 7.31. The van der Waals surface area contributed by atoms with Gasteiger partial charge >= 0.3 is 6.61 Å². The average Bonchev–Trinajstić information content (AvgIpc) is 3.74. The van der Waals surface area contributed by atoms with Crippen molar-refractivity contribution in [1.82, 2.24) is 29.6 Å². The topological polar surface area (TPSA) is 79.0 Å². The first-order chi connectivity index (χ1) is 21.3. The molecule has 1 unspecified atom stereocenters. The third kappa shape index (κ3) is 5.00. The monoisotopic (exact) mass is 622 g/mol. The van der Waals surface area contributed by atoms with Gasteiger partial charge in [0.05, 0.1) is 47.5 Å². The number of hydrogen-bond acceptors (Lipinski definition) is 7. The van der Waals surface area contributed by atoms with Crippen LogP contribution in [0, 0.1) is 11.6 Å². The van der Waals surface area contributed by atoms with Crippen molar-refractivity contribution >= 4 is 32.5 Å². The van der Waals surface area contributed by atoms with Crippen molar-refractivity contribution in [1.29, 1.82) is 0 Å². The molecule has 5 heterocycles. The van der Waals surface area contributed by atoms with Crippen molar-refractivity contribution in [2.45, 2.75) is 26.1 Å². The Morgan fingerprint density at radius 1 is 1.07 bits per heavy atom. The lowest BCUT2D eigenvalue weighted by Crippen LogP contribution is -2.31. The van der Waals surface area contributed by atoms with E-state index in [1.165, 1.54) is 11.3 Å². The number of rotatable bonds is 8. The summed E-state index contributed by atoms with van der Waals surface area (Å²) < 4.78 is 70.1. The fourth-order valence-corrected chi connectivity index (χ4v) is 6.66. The molecule has 0 amide bonds. The minimum Gasteiger partial charge on any atom is -0.490 e. The zero-order chi connectivity index (χ0) is 30.5. The number of thiophene rings is 1. The fraction of sp³-hybridized carbons (Fsp3) is 0.258. The summed E-state index contributed by atoms with van der Waals surface area (Å²) in [6, 6.07) is 11.6. The molecule has 0 aliphatic carbocycles. The molecule has 226 valence electrons. The number of halogens is 4. The first kappa shape index (κ1) is 28.4. The average molecular weight is 623 g/mol. The molecule has 2 aromatic carbocycles. The van der Waals surface area contributed by atoms with Crippen LogP contribution in [-0.2, 0) is 18.3 Å². The number of imidazole rings is 1. The van der Waals surface area contributed by atoms with Gasteiger partial charge < -0.3 is 19.4 Å². The van der Waals surface area contributed by atoms with Gasteiger partial charge in [0.2, 0.25) is 0 Å². The summed E-state index contributed by atoms with van der Waals surface area (Å²) in [5.74, 6) is -1.90. The standard InChI is InChI=1S/C31H26F4N6O2S/c1-16-24-14-22(39-41(24)7-6-36-16)29-27(26-20(33)12-18(32)13-25(26)42-8-9-43-31(34)35)30-19(5-10-44-30)28(38-29)17-3-4-23-21(11-17)37-15-40(23)2/h3-5,10-16,31,36H,6-9H2,1-2H3. The van der Waals surface area contributed by atoms with Gasteiger partial charge in [-0.1, -0.05) is 6.07 Å². The molecule has 0 saturated carbocycles. The summed E-state index contributed by atoms with van der Waals surface area (Å²) in [7, 11) is 1.92. The van der Waals surface area contributed by atoms with Crippen LogP contribution in [0.1, 0.15) is 18.7 Å². The van der Waals surface area contributed by atoms with Crippen molar-refractivity contribution in [2.24, 2.45) is 7.05 Å². The maximum absolute atomic E-state index is 15.9. The lowest BCUT2D eigenvalue weighted by atomic mass is 9.96. The second kappa shape index (κ2) is 11.3. The van der Waals surface area contributed by atoms with Crippen LogP contribution in [-0.4, -0.2) is 50.7 Å². The van der Waals surface area contributed by atoms with Gasteiger partial charge in [-0.3, -0.25) is 4.68 Å². The first-order valence-corrected chi connectivity index (χ1v) is 14.8. The van der Waals surface area contributed by atoms with E-state index in [0.717, 1.165) is 46.4 Å². The molecule has 1 aliphatic heterocycles. The van der Waals surface area contributed by atoms with Gasteiger partial charge in [-0.25, -0.2) is 18.7 Å². The molecule has 13 heteroatoms. The lowest BCUT2D eigenvalue weighted by Gasteiger charge is -2.21. The molecule has 6 aromatic rings. The van der Waals surface area contributed by atoms with E-state index in [4.69, 9.17) is 14.8 Å². The van der Waals surface area contributed by atoms with E-state index in [1.54, 1.807) is 6.33 Å². The molecule has 0 bridgehead atoms. The highest BCUT2D eigenvalue weighted by Gasteiger charge is 2.28. The fourth-order valence-electron chi connectivity index (χ4n) is 5.71. The van der Waals surface area contributed by atoms with Crippen LogP contribution < -0.4 is 10.1 Å². The van der Waals surface area contributed by atoms with Gasteiger partial charge in [-0.15, -0.1) is 11.3 Å². The van der Waals surface area contributed by atoms with E-state index in [1.807, 2.05) is 58.9 Å². The highest BCUT2D eigenvalue weighted by Crippen LogP contribution is 2.47. The quantitative estimate of drug-likeness (QED) is 0.146. The Morgan fingerprint density at radius 3 is 2.75 bits per heavy atom. The molecule has 0 saturated heterocycles. The highest BCUT2D eigenvalue weighted by atomic mass is 32.1. The van der Waals surface area contributed by atoms with Crippen LogP contribution in [0.4, 0.5) is 17.6 Å². The summed E-state index contributed by atoms with van der Waals surface area (Å²) in [5, 5.41) is 10.9. The molecule has 0 spiro atoms. The second-order valence-electron chi connectivity index (χ2n) is 10.5. The van der Waals surface area contributed by atoms with Gasteiger partial charge in [-0.05, 0) is 36.6 Å². The molecule has 7 rings (SSSR count). The smallest absolute Gasteiger partial charge is 0.345 e. The van der Waals surface area contributed by atoms with Gasteiger partial charge in [0.1, 0.15) is 35.4 Å². The van der Waals surface area contributed by atoms with E-state index in [2.05, 4.69) is 15.0 Å². The van der Waals surface area contributed by atoms with E-state index < -0.39 is 24.9 Å². The van der Waals surface area contributed by atoms with Gasteiger partial charge in [-0.2, -0.15) is 13.9 Å². The van der Waals surface area contributed by atoms with Crippen molar-refractivity contribution in [3.05, 3.63) is 71.5 Å². The number of alkyl halides is 2. The highest BCUT2D eigenvalue weighted by molar-refractivity contribution is 7.18. The molecule has 44 heavy (non-hydrogen) atoms. The summed E-state index contributed by atoms with van der Waals surface area (Å²) >= 11 is 1.38. The van der Waals surface area contributed by atoms with Gasteiger partial charge in [0, 0.05) is 53.0 Å². The lowest BCUT2D eigenvalue weighted by molar-refractivity contribution is -0.133. The SMILES string of the molecule is CC1NCCn2nc(-c3nc(-c4ccc5c(c4)ncn5C)c4ccsc4c3-c3c(F)cc(F)cc3OCCOC(F)F)cc21. The predicted octanol–water partition coefficient (Wildman–Crippen LogP) is 6.94. The number of fused-ring (bicyclic) bond motifs is 3. The Labute approximate surface area is 252 Å². The Bertz CT molecular complexity index is 2020. The van der Waals surface area contributed by atoms with Crippen LogP contribution in [0.2, 0.25) is 0 Å². The normalized spacial score (nSPS) is 15.0. The number of nitrogens with one attached hydrogen (secondary N) is 1. The maximum atomic E-state index is 15.9. The third-order valence-electron chi connectivity index (χ3n) is 7.73. The van der Waals surface area contributed by atoms with Crippen LogP contribution in [0.15, 0.2) is 54.2 Å². The molecule has 1 aliphatic rings. The second-order valence-corrected chi connectivity index (χ2v) is 11.4.